The molecule has 5 rings (SSSR count). The van der Waals surface area contributed by atoms with Crippen LogP contribution in [0.5, 0.6) is 0 Å². The topological polar surface area (TPSA) is 39.3 Å². The zero-order valence-electron chi connectivity index (χ0n) is 19.4. The Morgan fingerprint density at radius 2 is 1.64 bits per heavy atom. The molecule has 4 nitrogen and oxygen atoms in total. The average Bonchev–Trinajstić information content (AvgIpc) is 3.44. The molecule has 0 saturated carbocycles. The summed E-state index contributed by atoms with van der Waals surface area (Å²) in [6.45, 7) is 3.08. The van der Waals surface area contributed by atoms with Gasteiger partial charge in [-0.25, -0.2) is 0 Å². The van der Waals surface area contributed by atoms with Gasteiger partial charge >= 0.3 is 0 Å². The fraction of sp³-hybridized carbons (Fsp3) is 0.276. The molecule has 4 heteroatoms. The molecule has 0 aliphatic carbocycles. The first-order chi connectivity index (χ1) is 16.0. The second-order valence-electron chi connectivity index (χ2n) is 9.57. The van der Waals surface area contributed by atoms with E-state index in [1.54, 1.807) is 19.0 Å². The van der Waals surface area contributed by atoms with Crippen LogP contribution in [0.1, 0.15) is 33.6 Å². The first-order valence-electron chi connectivity index (χ1n) is 11.7. The van der Waals surface area contributed by atoms with Gasteiger partial charge in [-0.1, -0.05) is 66.7 Å². The first-order valence-corrected chi connectivity index (χ1v) is 11.7. The number of rotatable bonds is 6. The van der Waals surface area contributed by atoms with Crippen molar-refractivity contribution in [2.75, 3.05) is 27.2 Å². The molecule has 1 fully saturated rings. The van der Waals surface area contributed by atoms with Gasteiger partial charge in [0.25, 0.3) is 5.91 Å². The highest BCUT2D eigenvalue weighted by Gasteiger charge is 2.39. The molecule has 4 aromatic rings. The van der Waals surface area contributed by atoms with Crippen molar-refractivity contribution in [1.29, 1.82) is 0 Å². The van der Waals surface area contributed by atoms with Gasteiger partial charge in [-0.05, 0) is 54.3 Å². The molecule has 1 aromatic heterocycles. The smallest absolute Gasteiger partial charge is 0.269 e. The normalized spacial score (nSPS) is 18.6. The van der Waals surface area contributed by atoms with E-state index in [1.165, 1.54) is 16.7 Å². The van der Waals surface area contributed by atoms with Gasteiger partial charge in [0.2, 0.25) is 0 Å². The van der Waals surface area contributed by atoms with Gasteiger partial charge in [0, 0.05) is 43.5 Å². The van der Waals surface area contributed by atoms with Crippen molar-refractivity contribution in [3.8, 4) is 0 Å². The van der Waals surface area contributed by atoms with Gasteiger partial charge in [-0.3, -0.25) is 9.69 Å². The van der Waals surface area contributed by atoms with E-state index < -0.39 is 0 Å². The van der Waals surface area contributed by atoms with Gasteiger partial charge in [-0.15, -0.1) is 0 Å². The van der Waals surface area contributed by atoms with Crippen molar-refractivity contribution < 1.29 is 4.79 Å². The third-order valence-corrected chi connectivity index (χ3v) is 6.94. The quantitative estimate of drug-likeness (QED) is 0.447. The maximum absolute atomic E-state index is 12.5. The Morgan fingerprint density at radius 1 is 0.939 bits per heavy atom. The highest BCUT2D eigenvalue weighted by Crippen LogP contribution is 2.39. The summed E-state index contributed by atoms with van der Waals surface area (Å²) in [6.07, 6.45) is 2.13. The van der Waals surface area contributed by atoms with Crippen LogP contribution in [0.25, 0.3) is 10.9 Å². The number of hydrogen-bond donors (Lipinski definition) is 1. The van der Waals surface area contributed by atoms with E-state index in [0.29, 0.717) is 5.69 Å². The van der Waals surface area contributed by atoms with E-state index in [9.17, 15) is 4.79 Å². The lowest BCUT2D eigenvalue weighted by Gasteiger charge is -2.31. The SMILES string of the molecule is CN(C)C(=O)c1cc2cc(C3(Cc4ccccc4)CCN(Cc4ccccc4)C3)ccc2[nH]1. The van der Waals surface area contributed by atoms with Crippen LogP contribution in [0, 0.1) is 0 Å². The molecule has 2 heterocycles. The van der Waals surface area contributed by atoms with Crippen LogP contribution in [0.15, 0.2) is 84.9 Å². The van der Waals surface area contributed by atoms with Crippen LogP contribution < -0.4 is 0 Å². The summed E-state index contributed by atoms with van der Waals surface area (Å²) in [5, 5.41) is 1.10. The third-order valence-electron chi connectivity index (χ3n) is 6.94. The van der Waals surface area contributed by atoms with E-state index in [0.717, 1.165) is 43.4 Å². The number of carbonyl (C=O) groups excluding carboxylic acids is 1. The zero-order chi connectivity index (χ0) is 22.8. The molecule has 0 spiro atoms. The second kappa shape index (κ2) is 8.87. The van der Waals surface area contributed by atoms with Gasteiger partial charge in [0.1, 0.15) is 5.69 Å². The number of fused-ring (bicyclic) bond motifs is 1. The number of likely N-dealkylation sites (tertiary alicyclic amines) is 1. The van der Waals surface area contributed by atoms with Crippen molar-refractivity contribution in [1.82, 2.24) is 14.8 Å². The molecular weight excluding hydrogens is 406 g/mol. The Morgan fingerprint density at radius 3 is 2.33 bits per heavy atom. The van der Waals surface area contributed by atoms with Gasteiger partial charge < -0.3 is 9.88 Å². The molecule has 33 heavy (non-hydrogen) atoms. The minimum atomic E-state index is 0.00153. The summed E-state index contributed by atoms with van der Waals surface area (Å²) < 4.78 is 0. The number of hydrogen-bond acceptors (Lipinski definition) is 2. The Labute approximate surface area is 195 Å². The lowest BCUT2D eigenvalue weighted by Crippen LogP contribution is -2.33. The number of nitrogens with one attached hydrogen (secondary N) is 1. The average molecular weight is 438 g/mol. The monoisotopic (exact) mass is 437 g/mol. The lowest BCUT2D eigenvalue weighted by atomic mass is 9.74. The Balaban J connectivity index is 1.49. The predicted molar refractivity (Wildman–Crippen MR) is 134 cm³/mol. The minimum Gasteiger partial charge on any atom is -0.351 e. The number of aromatic nitrogens is 1. The number of H-pyrrole nitrogens is 1. The fourth-order valence-corrected chi connectivity index (χ4v) is 5.22. The van der Waals surface area contributed by atoms with E-state index in [-0.39, 0.29) is 11.3 Å². The summed E-state index contributed by atoms with van der Waals surface area (Å²) >= 11 is 0. The fourth-order valence-electron chi connectivity index (χ4n) is 5.22. The van der Waals surface area contributed by atoms with Gasteiger partial charge in [0.15, 0.2) is 0 Å². The molecule has 1 aliphatic rings. The molecule has 1 saturated heterocycles. The molecule has 1 unspecified atom stereocenters. The van der Waals surface area contributed by atoms with E-state index in [2.05, 4.69) is 88.7 Å². The lowest BCUT2D eigenvalue weighted by molar-refractivity contribution is 0.0823. The van der Waals surface area contributed by atoms with Crippen LogP contribution in [-0.2, 0) is 18.4 Å². The Bertz CT molecular complexity index is 1250. The molecule has 3 aromatic carbocycles. The number of carbonyl (C=O) groups is 1. The molecular formula is C29H31N3O. The second-order valence-corrected chi connectivity index (χ2v) is 9.57. The minimum absolute atomic E-state index is 0.00153. The van der Waals surface area contributed by atoms with Crippen molar-refractivity contribution in [2.45, 2.75) is 24.8 Å². The summed E-state index contributed by atoms with van der Waals surface area (Å²) in [5.41, 5.74) is 5.79. The first kappa shape index (κ1) is 21.5. The highest BCUT2D eigenvalue weighted by molar-refractivity contribution is 5.98. The van der Waals surface area contributed by atoms with Crippen molar-refractivity contribution in [3.63, 3.8) is 0 Å². The molecule has 1 atom stereocenters. The van der Waals surface area contributed by atoms with E-state index >= 15 is 0 Å². The highest BCUT2D eigenvalue weighted by atomic mass is 16.2. The largest absolute Gasteiger partial charge is 0.351 e. The van der Waals surface area contributed by atoms with Crippen molar-refractivity contribution in [2.24, 2.45) is 0 Å². The Kier molecular flexibility index (Phi) is 5.77. The van der Waals surface area contributed by atoms with Crippen molar-refractivity contribution in [3.05, 3.63) is 107 Å². The van der Waals surface area contributed by atoms with Gasteiger partial charge in [-0.2, -0.15) is 0 Å². The maximum atomic E-state index is 12.5. The maximum Gasteiger partial charge on any atom is 0.269 e. The molecule has 0 radical (unpaired) electrons. The Hall–Kier alpha value is -3.37. The molecule has 1 aliphatic heterocycles. The standard InChI is InChI=1S/C29H31N3O/c1-31(2)28(33)27-18-24-17-25(13-14-26(24)30-27)29(19-22-9-5-3-6-10-22)15-16-32(21-29)20-23-11-7-4-8-12-23/h3-14,17-18,30H,15-16,19-21H2,1-2H3. The number of amides is 1. The van der Waals surface area contributed by atoms with Crippen LogP contribution >= 0.6 is 0 Å². The summed E-state index contributed by atoms with van der Waals surface area (Å²) in [7, 11) is 3.57. The van der Waals surface area contributed by atoms with Crippen LogP contribution in [0.3, 0.4) is 0 Å². The zero-order valence-corrected chi connectivity index (χ0v) is 19.4. The number of benzene rings is 3. The summed E-state index contributed by atoms with van der Waals surface area (Å²) in [5.74, 6) is 0.00153. The summed E-state index contributed by atoms with van der Waals surface area (Å²) in [6, 6.07) is 30.3. The molecule has 0 bridgehead atoms. The van der Waals surface area contributed by atoms with Crippen LogP contribution in [-0.4, -0.2) is 47.9 Å². The predicted octanol–water partition coefficient (Wildman–Crippen LogP) is 5.26. The van der Waals surface area contributed by atoms with Crippen molar-refractivity contribution >= 4 is 16.8 Å². The van der Waals surface area contributed by atoms with Crippen LogP contribution in [0.4, 0.5) is 0 Å². The summed E-state index contributed by atoms with van der Waals surface area (Å²) in [4.78, 5) is 20.0. The third kappa shape index (κ3) is 4.44. The number of aromatic amines is 1. The number of nitrogens with zero attached hydrogens (tertiary/aromatic N) is 2. The van der Waals surface area contributed by atoms with Crippen LogP contribution in [0.2, 0.25) is 0 Å². The van der Waals surface area contributed by atoms with E-state index in [1.807, 2.05) is 6.07 Å². The molecule has 168 valence electrons. The molecule has 1 N–H and O–H groups in total. The molecule has 1 amide bonds. The van der Waals surface area contributed by atoms with E-state index in [4.69, 9.17) is 0 Å². The van der Waals surface area contributed by atoms with Gasteiger partial charge in [0.05, 0.1) is 0 Å².